The van der Waals surface area contributed by atoms with Crippen LogP contribution in [0, 0.1) is 5.92 Å². The highest BCUT2D eigenvalue weighted by Gasteiger charge is 2.38. The fourth-order valence-electron chi connectivity index (χ4n) is 5.63. The SMILES string of the molecule is COc1ccc(C(Nc2ccn(C3OC(COP(=O)(O)OCCSC=O)CC3C)c(=O)n2)(c2ccccc2)c2ccccc2)cc1. The molecule has 0 aliphatic carbocycles. The summed E-state index contributed by atoms with van der Waals surface area (Å²) in [5.74, 6) is 1.20. The van der Waals surface area contributed by atoms with Gasteiger partial charge < -0.3 is 19.7 Å². The maximum Gasteiger partial charge on any atom is 0.472 e. The molecule has 0 bridgehead atoms. The van der Waals surface area contributed by atoms with Crippen molar-refractivity contribution >= 4 is 31.0 Å². The number of thioether (sulfide) groups is 1. The summed E-state index contributed by atoms with van der Waals surface area (Å²) in [5.41, 5.74) is 2.01. The van der Waals surface area contributed by atoms with Gasteiger partial charge in [-0.15, -0.1) is 0 Å². The summed E-state index contributed by atoms with van der Waals surface area (Å²) in [6, 6.07) is 29.4. The van der Waals surface area contributed by atoms with E-state index in [-0.39, 0.29) is 24.9 Å². The number of rotatable bonds is 15. The number of hydrogen-bond acceptors (Lipinski definition) is 10. The highest BCUT2D eigenvalue weighted by atomic mass is 32.2. The number of methoxy groups -OCH3 is 1. The molecule has 3 aromatic carbocycles. The van der Waals surface area contributed by atoms with Crippen molar-refractivity contribution in [3.63, 3.8) is 0 Å². The molecular weight excluding hydrogens is 629 g/mol. The molecule has 4 atom stereocenters. The van der Waals surface area contributed by atoms with E-state index in [0.29, 0.717) is 17.9 Å². The number of benzene rings is 3. The van der Waals surface area contributed by atoms with Gasteiger partial charge in [0, 0.05) is 17.9 Å². The number of phosphoric ester groups is 1. The van der Waals surface area contributed by atoms with E-state index in [1.165, 1.54) is 4.57 Å². The smallest absolute Gasteiger partial charge is 0.472 e. The molecule has 0 amide bonds. The summed E-state index contributed by atoms with van der Waals surface area (Å²) in [5, 5.41) is 3.60. The highest BCUT2D eigenvalue weighted by molar-refractivity contribution is 8.11. The van der Waals surface area contributed by atoms with Gasteiger partial charge in [-0.25, -0.2) is 9.36 Å². The average molecular weight is 666 g/mol. The molecule has 2 heterocycles. The van der Waals surface area contributed by atoms with E-state index in [0.717, 1.165) is 34.2 Å². The molecule has 1 aromatic heterocycles. The molecule has 0 radical (unpaired) electrons. The second-order valence-electron chi connectivity index (χ2n) is 10.8. The monoisotopic (exact) mass is 665 g/mol. The van der Waals surface area contributed by atoms with Gasteiger partial charge in [0.1, 0.15) is 23.3 Å². The van der Waals surface area contributed by atoms with Gasteiger partial charge in [-0.2, -0.15) is 4.98 Å². The van der Waals surface area contributed by atoms with Crippen molar-refractivity contribution < 1.29 is 32.8 Å². The van der Waals surface area contributed by atoms with E-state index in [1.807, 2.05) is 91.9 Å². The fraction of sp³-hybridized carbons (Fsp3) is 0.303. The van der Waals surface area contributed by atoms with Crippen LogP contribution in [-0.4, -0.2) is 52.2 Å². The minimum absolute atomic E-state index is 0.109. The van der Waals surface area contributed by atoms with Crippen LogP contribution in [0.2, 0.25) is 0 Å². The van der Waals surface area contributed by atoms with Gasteiger partial charge in [0.15, 0.2) is 5.62 Å². The van der Waals surface area contributed by atoms with E-state index in [2.05, 4.69) is 10.3 Å². The third-order valence-electron chi connectivity index (χ3n) is 7.76. The lowest BCUT2D eigenvalue weighted by Gasteiger charge is -2.37. The molecule has 0 spiro atoms. The van der Waals surface area contributed by atoms with E-state index < -0.39 is 31.4 Å². The van der Waals surface area contributed by atoms with Crippen LogP contribution in [0.3, 0.4) is 0 Å². The Balaban J connectivity index is 1.40. The molecule has 2 N–H and O–H groups in total. The van der Waals surface area contributed by atoms with Gasteiger partial charge in [0.25, 0.3) is 0 Å². The number of carbonyl (C=O) groups is 1. The van der Waals surface area contributed by atoms with Crippen LogP contribution < -0.4 is 15.7 Å². The van der Waals surface area contributed by atoms with Crippen molar-refractivity contribution in [3.05, 3.63) is 124 Å². The zero-order valence-corrected chi connectivity index (χ0v) is 27.1. The van der Waals surface area contributed by atoms with E-state index in [9.17, 15) is 19.0 Å². The number of aromatic nitrogens is 2. The Labute approximate surface area is 271 Å². The Bertz CT molecular complexity index is 1650. The number of ether oxygens (including phenoxy) is 2. The van der Waals surface area contributed by atoms with Crippen LogP contribution in [0.25, 0.3) is 0 Å². The number of hydrogen-bond donors (Lipinski definition) is 2. The topological polar surface area (TPSA) is 138 Å². The highest BCUT2D eigenvalue weighted by Crippen LogP contribution is 2.45. The zero-order valence-electron chi connectivity index (χ0n) is 25.4. The van der Waals surface area contributed by atoms with Crippen LogP contribution in [0.1, 0.15) is 36.3 Å². The minimum atomic E-state index is -4.32. The third-order valence-corrected chi connectivity index (χ3v) is 9.28. The molecule has 0 saturated carbocycles. The van der Waals surface area contributed by atoms with Crippen molar-refractivity contribution in [2.75, 3.05) is 31.4 Å². The van der Waals surface area contributed by atoms with Gasteiger partial charge >= 0.3 is 13.5 Å². The number of carbonyl (C=O) groups excluding carboxylic acids is 1. The first-order chi connectivity index (χ1) is 22.3. The normalized spacial score (nSPS) is 19.3. The summed E-state index contributed by atoms with van der Waals surface area (Å²) >= 11 is 0.928. The summed E-state index contributed by atoms with van der Waals surface area (Å²) in [7, 11) is -2.70. The number of nitrogens with zero attached hydrogens (tertiary/aromatic N) is 2. The van der Waals surface area contributed by atoms with Crippen LogP contribution in [-0.2, 0) is 28.7 Å². The fourth-order valence-corrected chi connectivity index (χ4v) is 6.78. The zero-order chi connectivity index (χ0) is 32.6. The second-order valence-corrected chi connectivity index (χ2v) is 13.2. The molecule has 1 saturated heterocycles. The van der Waals surface area contributed by atoms with Crippen LogP contribution in [0.15, 0.2) is 102 Å². The quantitative estimate of drug-likeness (QED) is 0.0707. The molecule has 1 aliphatic heterocycles. The molecule has 4 unspecified atom stereocenters. The number of anilines is 1. The van der Waals surface area contributed by atoms with Gasteiger partial charge in [-0.05, 0) is 41.3 Å². The maximum absolute atomic E-state index is 13.5. The Hall–Kier alpha value is -3.77. The number of nitrogens with one attached hydrogen (secondary N) is 1. The Morgan fingerprint density at radius 3 is 2.24 bits per heavy atom. The van der Waals surface area contributed by atoms with Crippen molar-refractivity contribution in [2.45, 2.75) is 31.2 Å². The third kappa shape index (κ3) is 7.78. The van der Waals surface area contributed by atoms with Gasteiger partial charge in [-0.1, -0.05) is 91.5 Å². The van der Waals surface area contributed by atoms with Crippen molar-refractivity contribution in [2.24, 2.45) is 5.92 Å². The molecule has 4 aromatic rings. The van der Waals surface area contributed by atoms with E-state index in [1.54, 1.807) is 19.4 Å². The molecule has 1 aliphatic rings. The van der Waals surface area contributed by atoms with E-state index >= 15 is 0 Å². The Kier molecular flexibility index (Phi) is 11.1. The van der Waals surface area contributed by atoms with Gasteiger partial charge in [0.2, 0.25) is 0 Å². The molecule has 13 heteroatoms. The average Bonchev–Trinajstić information content (AvgIpc) is 3.45. The van der Waals surface area contributed by atoms with Crippen LogP contribution in [0.4, 0.5) is 5.82 Å². The molecule has 242 valence electrons. The lowest BCUT2D eigenvalue weighted by molar-refractivity contribution is -0.0342. The van der Waals surface area contributed by atoms with Gasteiger partial charge in [-0.3, -0.25) is 18.4 Å². The molecule has 5 rings (SSSR count). The summed E-state index contributed by atoms with van der Waals surface area (Å²) < 4.78 is 35.1. The van der Waals surface area contributed by atoms with Crippen molar-refractivity contribution in [3.8, 4) is 5.75 Å². The Morgan fingerprint density at radius 1 is 1.02 bits per heavy atom. The van der Waals surface area contributed by atoms with Crippen molar-refractivity contribution in [1.29, 1.82) is 0 Å². The molecule has 46 heavy (non-hydrogen) atoms. The standard InChI is InChI=1S/C33H36N3O8PS/c1-24-21-29(22-43-45(39,40)42-19-20-46-23-37)44-31(24)36-18-17-30(34-32(36)38)35-33(25-9-5-3-6-10-25,26-11-7-4-8-12-26)27-13-15-28(41-2)16-14-27/h3-18,23-24,29,31H,19-22H2,1-2H3,(H,39,40)(H,34,35,38). The Morgan fingerprint density at radius 2 is 1.65 bits per heavy atom. The van der Waals surface area contributed by atoms with Crippen molar-refractivity contribution in [1.82, 2.24) is 9.55 Å². The summed E-state index contributed by atoms with van der Waals surface area (Å²) in [6.45, 7) is 1.61. The summed E-state index contributed by atoms with van der Waals surface area (Å²) in [4.78, 5) is 38.3. The predicted molar refractivity (Wildman–Crippen MR) is 177 cm³/mol. The summed E-state index contributed by atoms with van der Waals surface area (Å²) in [6.07, 6.45) is 0.930. The van der Waals surface area contributed by atoms with Gasteiger partial charge in [0.05, 0.1) is 26.4 Å². The number of phosphoric acid groups is 1. The first kappa shape index (κ1) is 33.6. The van der Waals surface area contributed by atoms with Crippen LogP contribution >= 0.6 is 19.6 Å². The molecule has 11 nitrogen and oxygen atoms in total. The molecule has 1 fully saturated rings. The second kappa shape index (κ2) is 15.2. The van der Waals surface area contributed by atoms with E-state index in [4.69, 9.17) is 18.5 Å². The first-order valence-electron chi connectivity index (χ1n) is 14.7. The maximum atomic E-state index is 13.5. The minimum Gasteiger partial charge on any atom is -0.497 e. The molecular formula is C33H36N3O8PS. The first-order valence-corrected chi connectivity index (χ1v) is 17.3. The largest absolute Gasteiger partial charge is 0.497 e. The lowest BCUT2D eigenvalue weighted by atomic mass is 9.77. The van der Waals surface area contributed by atoms with Crippen LogP contribution in [0.5, 0.6) is 5.75 Å². The lowest BCUT2D eigenvalue weighted by Crippen LogP contribution is -2.39. The predicted octanol–water partition coefficient (Wildman–Crippen LogP) is 5.64.